The molecular formula is C14H23N3O2S. The Hall–Kier alpha value is -0.980. The van der Waals surface area contributed by atoms with Gasteiger partial charge in [-0.15, -0.1) is 11.3 Å². The molecule has 0 aromatic carbocycles. The van der Waals surface area contributed by atoms with Crippen LogP contribution in [0.5, 0.6) is 0 Å². The molecule has 0 spiro atoms. The summed E-state index contributed by atoms with van der Waals surface area (Å²) in [7, 11) is 0. The highest BCUT2D eigenvalue weighted by molar-refractivity contribution is 7.15. The molecule has 3 atom stereocenters. The quantitative estimate of drug-likeness (QED) is 0.929. The lowest BCUT2D eigenvalue weighted by Crippen LogP contribution is -2.52. The second-order valence-corrected chi connectivity index (χ2v) is 6.74. The summed E-state index contributed by atoms with van der Waals surface area (Å²) in [6, 6.07) is -0.173. The summed E-state index contributed by atoms with van der Waals surface area (Å²) in [6.45, 7) is 11.6. The fourth-order valence-electron chi connectivity index (χ4n) is 2.44. The van der Waals surface area contributed by atoms with E-state index in [1.165, 1.54) is 11.3 Å². The van der Waals surface area contributed by atoms with Gasteiger partial charge in [0.05, 0.1) is 23.9 Å². The van der Waals surface area contributed by atoms with Gasteiger partial charge in [-0.05, 0) is 34.6 Å². The van der Waals surface area contributed by atoms with Gasteiger partial charge in [0.25, 0.3) is 0 Å². The number of carbonyl (C=O) groups excluding carboxylic acids is 1. The van der Waals surface area contributed by atoms with Crippen LogP contribution in [-0.4, -0.2) is 47.1 Å². The molecule has 1 aliphatic heterocycles. The maximum absolute atomic E-state index is 12.3. The molecule has 1 saturated heterocycles. The van der Waals surface area contributed by atoms with Crippen LogP contribution in [0.1, 0.15) is 31.3 Å². The Balaban J connectivity index is 1.97. The number of hydrogen-bond acceptors (Lipinski definition) is 5. The van der Waals surface area contributed by atoms with Crippen LogP contribution in [0, 0.1) is 13.8 Å². The Morgan fingerprint density at radius 1 is 1.40 bits per heavy atom. The van der Waals surface area contributed by atoms with E-state index in [9.17, 15) is 4.79 Å². The summed E-state index contributed by atoms with van der Waals surface area (Å²) < 4.78 is 5.70. The minimum Gasteiger partial charge on any atom is -0.373 e. The minimum atomic E-state index is -0.173. The zero-order chi connectivity index (χ0) is 14.9. The molecule has 112 valence electrons. The van der Waals surface area contributed by atoms with E-state index in [-0.39, 0.29) is 24.2 Å². The fraction of sp³-hybridized carbons (Fsp3) is 0.714. The summed E-state index contributed by atoms with van der Waals surface area (Å²) in [5, 5.41) is 3.60. The molecule has 1 fully saturated rings. The lowest BCUT2D eigenvalue weighted by atomic mass is 10.1. The molecule has 0 radical (unpaired) electrons. The number of carbonyl (C=O) groups is 1. The largest absolute Gasteiger partial charge is 0.373 e. The SMILES string of the molecule is Cc1nc(NC(=O)C(C)N2CC(C)OC(C)C2)sc1C. The number of ether oxygens (including phenoxy) is 1. The number of hydrogen-bond donors (Lipinski definition) is 1. The van der Waals surface area contributed by atoms with Gasteiger partial charge in [0.2, 0.25) is 5.91 Å². The maximum atomic E-state index is 12.3. The smallest absolute Gasteiger partial charge is 0.243 e. The molecule has 2 rings (SSSR count). The fourth-order valence-corrected chi connectivity index (χ4v) is 3.25. The zero-order valence-corrected chi connectivity index (χ0v) is 13.6. The van der Waals surface area contributed by atoms with Crippen molar-refractivity contribution in [2.75, 3.05) is 18.4 Å². The van der Waals surface area contributed by atoms with Crippen LogP contribution >= 0.6 is 11.3 Å². The van der Waals surface area contributed by atoms with E-state index in [2.05, 4.69) is 15.2 Å². The van der Waals surface area contributed by atoms with Crippen molar-refractivity contribution >= 4 is 22.4 Å². The van der Waals surface area contributed by atoms with Crippen LogP contribution in [0.25, 0.3) is 0 Å². The van der Waals surface area contributed by atoms with E-state index in [1.54, 1.807) is 0 Å². The molecule has 1 amide bonds. The molecule has 2 heterocycles. The average molecular weight is 297 g/mol. The number of nitrogens with zero attached hydrogens (tertiary/aromatic N) is 2. The summed E-state index contributed by atoms with van der Waals surface area (Å²) >= 11 is 1.52. The Kier molecular flexibility index (Phi) is 4.78. The number of amides is 1. The van der Waals surface area contributed by atoms with Crippen LogP contribution in [0.3, 0.4) is 0 Å². The predicted octanol–water partition coefficient (Wildman–Crippen LogP) is 2.20. The van der Waals surface area contributed by atoms with E-state index < -0.39 is 0 Å². The summed E-state index contributed by atoms with van der Waals surface area (Å²) in [5.74, 6) is 0.0000463. The van der Waals surface area contributed by atoms with Crippen LogP contribution in [-0.2, 0) is 9.53 Å². The molecule has 1 aromatic heterocycles. The van der Waals surface area contributed by atoms with Gasteiger partial charge in [-0.3, -0.25) is 9.69 Å². The first kappa shape index (κ1) is 15.4. The Labute approximate surface area is 124 Å². The first-order valence-electron chi connectivity index (χ1n) is 7.01. The highest BCUT2D eigenvalue weighted by Gasteiger charge is 2.29. The Bertz CT molecular complexity index is 459. The van der Waals surface area contributed by atoms with Gasteiger partial charge >= 0.3 is 0 Å². The van der Waals surface area contributed by atoms with Crippen molar-refractivity contribution in [2.45, 2.75) is 52.9 Å². The van der Waals surface area contributed by atoms with E-state index in [1.807, 2.05) is 34.6 Å². The first-order valence-corrected chi connectivity index (χ1v) is 7.83. The molecule has 20 heavy (non-hydrogen) atoms. The van der Waals surface area contributed by atoms with Gasteiger partial charge in [0, 0.05) is 18.0 Å². The van der Waals surface area contributed by atoms with Gasteiger partial charge < -0.3 is 10.1 Å². The number of aryl methyl sites for hydroxylation is 2. The standard InChI is InChI=1S/C14H23N3O2S/c1-8-6-17(7-9(2)19-8)11(4)13(18)16-14-15-10(3)12(5)20-14/h8-9,11H,6-7H2,1-5H3,(H,15,16,18). The predicted molar refractivity (Wildman–Crippen MR) is 81.3 cm³/mol. The van der Waals surface area contributed by atoms with Crippen LogP contribution < -0.4 is 5.32 Å². The van der Waals surface area contributed by atoms with Gasteiger partial charge in [-0.2, -0.15) is 0 Å². The number of aromatic nitrogens is 1. The molecule has 0 bridgehead atoms. The van der Waals surface area contributed by atoms with Crippen LogP contribution in [0.4, 0.5) is 5.13 Å². The van der Waals surface area contributed by atoms with Crippen molar-refractivity contribution in [1.82, 2.24) is 9.88 Å². The van der Waals surface area contributed by atoms with E-state index in [0.717, 1.165) is 23.7 Å². The molecule has 1 N–H and O–H groups in total. The third-order valence-corrected chi connectivity index (χ3v) is 4.62. The highest BCUT2D eigenvalue weighted by Crippen LogP contribution is 2.22. The number of rotatable bonds is 3. The normalized spacial score (nSPS) is 25.4. The number of thiazole rings is 1. The zero-order valence-electron chi connectivity index (χ0n) is 12.8. The van der Waals surface area contributed by atoms with Crippen molar-refractivity contribution in [3.8, 4) is 0 Å². The first-order chi connectivity index (χ1) is 9.36. The highest BCUT2D eigenvalue weighted by atomic mass is 32.1. The van der Waals surface area contributed by atoms with Crippen molar-refractivity contribution in [1.29, 1.82) is 0 Å². The minimum absolute atomic E-state index is 0.0000463. The van der Waals surface area contributed by atoms with Crippen molar-refractivity contribution in [3.63, 3.8) is 0 Å². The van der Waals surface area contributed by atoms with Gasteiger partial charge in [-0.1, -0.05) is 0 Å². The van der Waals surface area contributed by atoms with Crippen molar-refractivity contribution < 1.29 is 9.53 Å². The molecule has 3 unspecified atom stereocenters. The Morgan fingerprint density at radius 3 is 2.50 bits per heavy atom. The van der Waals surface area contributed by atoms with Gasteiger partial charge in [0.1, 0.15) is 0 Å². The average Bonchev–Trinajstić information content (AvgIpc) is 2.66. The lowest BCUT2D eigenvalue weighted by molar-refractivity contribution is -0.126. The monoisotopic (exact) mass is 297 g/mol. The number of anilines is 1. The molecule has 0 aliphatic carbocycles. The third-order valence-electron chi connectivity index (χ3n) is 3.63. The third kappa shape index (κ3) is 3.56. The van der Waals surface area contributed by atoms with Crippen LogP contribution in [0.15, 0.2) is 0 Å². The van der Waals surface area contributed by atoms with E-state index in [0.29, 0.717) is 5.13 Å². The number of morpholine rings is 1. The lowest BCUT2D eigenvalue weighted by Gasteiger charge is -2.38. The van der Waals surface area contributed by atoms with Crippen molar-refractivity contribution in [3.05, 3.63) is 10.6 Å². The van der Waals surface area contributed by atoms with Crippen LogP contribution in [0.2, 0.25) is 0 Å². The number of nitrogens with one attached hydrogen (secondary N) is 1. The van der Waals surface area contributed by atoms with Gasteiger partial charge in [-0.25, -0.2) is 4.98 Å². The molecule has 5 nitrogen and oxygen atoms in total. The second-order valence-electron chi connectivity index (χ2n) is 5.54. The molecule has 1 aromatic rings. The molecule has 1 aliphatic rings. The summed E-state index contributed by atoms with van der Waals surface area (Å²) in [5.41, 5.74) is 0.978. The molecular weight excluding hydrogens is 274 g/mol. The van der Waals surface area contributed by atoms with E-state index >= 15 is 0 Å². The topological polar surface area (TPSA) is 54.5 Å². The maximum Gasteiger partial charge on any atom is 0.243 e. The molecule has 0 saturated carbocycles. The van der Waals surface area contributed by atoms with Gasteiger partial charge in [0.15, 0.2) is 5.13 Å². The second kappa shape index (κ2) is 6.20. The van der Waals surface area contributed by atoms with Crippen molar-refractivity contribution in [2.24, 2.45) is 0 Å². The Morgan fingerprint density at radius 2 is 2.00 bits per heavy atom. The van der Waals surface area contributed by atoms with E-state index in [4.69, 9.17) is 4.74 Å². The summed E-state index contributed by atoms with van der Waals surface area (Å²) in [4.78, 5) is 20.0. The molecule has 6 heteroatoms. The summed E-state index contributed by atoms with van der Waals surface area (Å²) in [6.07, 6.45) is 0.330.